The van der Waals surface area contributed by atoms with E-state index in [1.54, 1.807) is 0 Å². The van der Waals surface area contributed by atoms with Gasteiger partial charge in [0.25, 0.3) is 0 Å². The summed E-state index contributed by atoms with van der Waals surface area (Å²) in [5.41, 5.74) is 13.5. The first-order chi connectivity index (χ1) is 6.27. The van der Waals surface area contributed by atoms with E-state index in [0.29, 0.717) is 0 Å². The first-order valence-electron chi connectivity index (χ1n) is 5.00. The second-order valence-corrected chi connectivity index (χ2v) is 2.54. The van der Waals surface area contributed by atoms with E-state index >= 15 is 0 Å². The van der Waals surface area contributed by atoms with Crippen molar-refractivity contribution < 1.29 is 0 Å². The number of nitrogens with two attached hydrogens (primary N) is 3. The lowest BCUT2D eigenvalue weighted by atomic mass is 10.1. The Kier molecular flexibility index (Phi) is 72.1. The first kappa shape index (κ1) is 23.1. The second-order valence-electron chi connectivity index (χ2n) is 2.54. The summed E-state index contributed by atoms with van der Waals surface area (Å²) in [4.78, 5) is 0. The summed E-state index contributed by atoms with van der Waals surface area (Å²) < 4.78 is 0. The van der Waals surface area contributed by atoms with Gasteiger partial charge in [-0.2, -0.15) is 0 Å². The Hall–Kier alpha value is -0.120. The van der Waals surface area contributed by atoms with Gasteiger partial charge in [0.05, 0.1) is 0 Å². The number of hydrogen-bond acceptors (Lipinski definition) is 3. The van der Waals surface area contributed by atoms with Crippen molar-refractivity contribution in [3.63, 3.8) is 0 Å². The van der Waals surface area contributed by atoms with Gasteiger partial charge in [0.1, 0.15) is 0 Å². The number of unbranched alkanes of at least 4 members (excludes halogenated alkanes) is 1. The molecule has 0 bridgehead atoms. The predicted molar refractivity (Wildman–Crippen MR) is 64.7 cm³/mol. The summed E-state index contributed by atoms with van der Waals surface area (Å²) in [6, 6.07) is 0. The van der Waals surface area contributed by atoms with Gasteiger partial charge in [0, 0.05) is 0 Å². The molecule has 0 fully saturated rings. The Balaban J connectivity index is -0.0000000573. The van der Waals surface area contributed by atoms with Crippen LogP contribution < -0.4 is 17.2 Å². The van der Waals surface area contributed by atoms with Crippen LogP contribution >= 0.6 is 0 Å². The summed E-state index contributed by atoms with van der Waals surface area (Å²) >= 11 is 0. The second kappa shape index (κ2) is 40.7. The van der Waals surface area contributed by atoms with Crippen molar-refractivity contribution in [3.8, 4) is 0 Å². The highest BCUT2D eigenvalue weighted by molar-refractivity contribution is 4.42. The molecule has 0 unspecified atom stereocenters. The van der Waals surface area contributed by atoms with Crippen LogP contribution in [0.25, 0.3) is 0 Å². The number of rotatable bonds is 3. The van der Waals surface area contributed by atoms with Crippen molar-refractivity contribution in [2.24, 2.45) is 23.1 Å². The van der Waals surface area contributed by atoms with Crippen molar-refractivity contribution in [1.29, 1.82) is 0 Å². The van der Waals surface area contributed by atoms with Crippen molar-refractivity contribution in [3.05, 3.63) is 0 Å². The minimum Gasteiger partial charge on any atom is -0.333 e. The van der Waals surface area contributed by atoms with E-state index in [4.69, 9.17) is 0 Å². The van der Waals surface area contributed by atoms with E-state index in [0.717, 1.165) is 5.92 Å². The van der Waals surface area contributed by atoms with Gasteiger partial charge in [-0.3, -0.25) is 0 Å². The summed E-state index contributed by atoms with van der Waals surface area (Å²) in [5, 5.41) is 0. The average molecular weight is 193 g/mol. The molecule has 3 heteroatoms. The van der Waals surface area contributed by atoms with Gasteiger partial charge in [0.15, 0.2) is 0 Å². The molecule has 3 nitrogen and oxygen atoms in total. The number of hydrogen-bond donors (Lipinski definition) is 3. The molecule has 0 saturated heterocycles. The predicted octanol–water partition coefficient (Wildman–Crippen LogP) is 1.56. The Labute approximate surface area is 85.1 Å². The van der Waals surface area contributed by atoms with Crippen LogP contribution in [0.1, 0.15) is 40.0 Å². The molecular weight excluding hydrogens is 162 g/mol. The van der Waals surface area contributed by atoms with E-state index in [2.05, 4.69) is 38.0 Å². The van der Waals surface area contributed by atoms with Crippen LogP contribution in [0.15, 0.2) is 0 Å². The van der Waals surface area contributed by atoms with E-state index in [1.165, 1.54) is 40.4 Å². The minimum atomic E-state index is 0.903. The van der Waals surface area contributed by atoms with Crippen molar-refractivity contribution in [1.82, 2.24) is 0 Å². The van der Waals surface area contributed by atoms with Crippen LogP contribution in [0, 0.1) is 5.92 Å². The highest BCUT2D eigenvalue weighted by atomic mass is 14.4. The largest absolute Gasteiger partial charge is 0.333 e. The van der Waals surface area contributed by atoms with Crippen LogP contribution in [-0.4, -0.2) is 21.1 Å². The third-order valence-electron chi connectivity index (χ3n) is 1.14. The van der Waals surface area contributed by atoms with E-state index in [-0.39, 0.29) is 0 Å². The molecule has 0 aromatic rings. The van der Waals surface area contributed by atoms with Crippen molar-refractivity contribution >= 4 is 0 Å². The van der Waals surface area contributed by atoms with Crippen LogP contribution in [0.3, 0.4) is 0 Å². The third-order valence-corrected chi connectivity index (χ3v) is 1.14. The molecule has 0 rings (SSSR count). The van der Waals surface area contributed by atoms with Crippen molar-refractivity contribution in [2.75, 3.05) is 21.1 Å². The van der Waals surface area contributed by atoms with E-state index in [1.807, 2.05) is 0 Å². The molecule has 0 saturated carbocycles. The lowest BCUT2D eigenvalue weighted by Gasteiger charge is -1.98. The Morgan fingerprint density at radius 1 is 0.846 bits per heavy atom. The van der Waals surface area contributed by atoms with Gasteiger partial charge < -0.3 is 17.2 Å². The van der Waals surface area contributed by atoms with Gasteiger partial charge >= 0.3 is 0 Å². The van der Waals surface area contributed by atoms with Gasteiger partial charge in [-0.05, 0) is 27.1 Å². The Morgan fingerprint density at radius 3 is 1.23 bits per heavy atom. The van der Waals surface area contributed by atoms with Crippen molar-refractivity contribution in [2.45, 2.75) is 40.0 Å². The summed E-state index contributed by atoms with van der Waals surface area (Å²) in [7, 11) is 4.50. The molecule has 0 amide bonds. The van der Waals surface area contributed by atoms with Gasteiger partial charge in [-0.15, -0.1) is 0 Å². The smallest absolute Gasteiger partial charge is 0.0195 e. The fourth-order valence-electron chi connectivity index (χ4n) is 0.612. The van der Waals surface area contributed by atoms with E-state index in [9.17, 15) is 0 Å². The molecule has 0 aliphatic carbocycles. The zero-order valence-corrected chi connectivity index (χ0v) is 10.4. The Bertz CT molecular complexity index is 39.2. The Morgan fingerprint density at radius 2 is 1.15 bits per heavy atom. The van der Waals surface area contributed by atoms with Gasteiger partial charge in [0.2, 0.25) is 0 Å². The van der Waals surface area contributed by atoms with Crippen LogP contribution in [0.5, 0.6) is 0 Å². The molecule has 0 aliphatic heterocycles. The molecule has 0 aromatic carbocycles. The highest BCUT2D eigenvalue weighted by Gasteiger charge is 1.88. The quantitative estimate of drug-likeness (QED) is 0.636. The first-order valence-corrected chi connectivity index (χ1v) is 5.00. The van der Waals surface area contributed by atoms with Gasteiger partial charge in [-0.1, -0.05) is 40.0 Å². The maximum Gasteiger partial charge on any atom is -0.0195 e. The summed E-state index contributed by atoms with van der Waals surface area (Å²) in [6.07, 6.45) is 4.15. The fourth-order valence-corrected chi connectivity index (χ4v) is 0.612. The summed E-state index contributed by atoms with van der Waals surface area (Å²) in [5.74, 6) is 0.903. The lowest BCUT2D eigenvalue weighted by Crippen LogP contribution is -1.83. The molecular formula is C10H31N3. The molecule has 86 valence electrons. The molecule has 0 radical (unpaired) electrons. The third kappa shape index (κ3) is 77.0. The maximum absolute atomic E-state index is 4.50. The zero-order valence-electron chi connectivity index (χ0n) is 10.4. The SMILES string of the molecule is CCCCC(C)C.CN.CN.CN. The lowest BCUT2D eigenvalue weighted by molar-refractivity contribution is 0.550. The molecule has 0 aromatic heterocycles. The van der Waals surface area contributed by atoms with Crippen LogP contribution in [0.2, 0.25) is 0 Å². The zero-order chi connectivity index (χ0) is 11.7. The molecule has 0 heterocycles. The van der Waals surface area contributed by atoms with Crippen LogP contribution in [-0.2, 0) is 0 Å². The van der Waals surface area contributed by atoms with Crippen LogP contribution in [0.4, 0.5) is 0 Å². The highest BCUT2D eigenvalue weighted by Crippen LogP contribution is 2.04. The normalized spacial score (nSPS) is 6.92. The monoisotopic (exact) mass is 193 g/mol. The average Bonchev–Trinajstić information content (AvgIpc) is 2.24. The molecule has 13 heavy (non-hydrogen) atoms. The fraction of sp³-hybridized carbons (Fsp3) is 1.00. The topological polar surface area (TPSA) is 78.1 Å². The molecule has 6 N–H and O–H groups in total. The van der Waals surface area contributed by atoms with Gasteiger partial charge in [-0.25, -0.2) is 0 Å². The maximum atomic E-state index is 4.50. The molecule has 0 atom stereocenters. The van der Waals surface area contributed by atoms with E-state index < -0.39 is 0 Å². The molecule has 0 spiro atoms. The standard InChI is InChI=1S/C7H16.3CH5N/c1-4-5-6-7(2)3;3*1-2/h7H,4-6H2,1-3H3;3*2H2,1H3. The molecule has 0 aliphatic rings. The minimum absolute atomic E-state index is 0.903. The summed E-state index contributed by atoms with van der Waals surface area (Å²) in [6.45, 7) is 6.79.